The number of nitrogens with one attached hydrogen (secondary N) is 1. The molecule has 146 valence electrons. The van der Waals surface area contributed by atoms with Crippen LogP contribution in [0.5, 0.6) is 0 Å². The van der Waals surface area contributed by atoms with Crippen LogP contribution in [0.1, 0.15) is 41.1 Å². The summed E-state index contributed by atoms with van der Waals surface area (Å²) in [4.78, 5) is 18.4. The summed E-state index contributed by atoms with van der Waals surface area (Å²) in [5, 5.41) is 5.26. The molecule has 6 heteroatoms. The molecule has 4 heterocycles. The Labute approximate surface area is 163 Å². The highest BCUT2D eigenvalue weighted by Crippen LogP contribution is 2.43. The number of piperidine rings is 1. The van der Waals surface area contributed by atoms with Crippen molar-refractivity contribution >= 4 is 16.8 Å². The normalized spacial score (nSPS) is 18.6. The smallest absolute Gasteiger partial charge is 0.227 e. The fraction of sp³-hybridized carbons (Fsp3) is 0.455. The minimum absolute atomic E-state index is 0.136. The van der Waals surface area contributed by atoms with Crippen LogP contribution in [0, 0.1) is 13.8 Å². The van der Waals surface area contributed by atoms with Crippen molar-refractivity contribution in [3.63, 3.8) is 0 Å². The second-order valence-corrected chi connectivity index (χ2v) is 7.98. The molecule has 2 aromatic heterocycles. The lowest BCUT2D eigenvalue weighted by Crippen LogP contribution is -2.48. The minimum atomic E-state index is -0.299. The highest BCUT2D eigenvalue weighted by Gasteiger charge is 2.43. The van der Waals surface area contributed by atoms with Crippen LogP contribution in [0.4, 0.5) is 0 Å². The highest BCUT2D eigenvalue weighted by atomic mass is 16.5. The molecule has 0 radical (unpaired) electrons. The van der Waals surface area contributed by atoms with Gasteiger partial charge in [-0.1, -0.05) is 23.4 Å². The third-order valence-corrected chi connectivity index (χ3v) is 6.43. The number of carbonyl (C=O) groups is 1. The first-order valence-electron chi connectivity index (χ1n) is 10.0. The quantitative estimate of drug-likeness (QED) is 0.741. The predicted molar refractivity (Wildman–Crippen MR) is 105 cm³/mol. The van der Waals surface area contributed by atoms with E-state index in [2.05, 4.69) is 34.4 Å². The zero-order chi connectivity index (χ0) is 19.3. The van der Waals surface area contributed by atoms with E-state index in [9.17, 15) is 4.79 Å². The average Bonchev–Trinajstić information content (AvgIpc) is 3.25. The third kappa shape index (κ3) is 2.66. The third-order valence-electron chi connectivity index (χ3n) is 6.43. The average molecular weight is 379 g/mol. The van der Waals surface area contributed by atoms with Gasteiger partial charge in [-0.2, -0.15) is 0 Å². The molecule has 1 spiro atoms. The number of aromatic nitrogens is 2. The van der Waals surface area contributed by atoms with Crippen LogP contribution in [0.25, 0.3) is 10.9 Å². The maximum atomic E-state index is 12.8. The number of ether oxygens (including phenoxy) is 1. The van der Waals surface area contributed by atoms with Gasteiger partial charge in [0.15, 0.2) is 0 Å². The summed E-state index contributed by atoms with van der Waals surface area (Å²) >= 11 is 0. The number of hydrogen-bond acceptors (Lipinski definition) is 4. The number of fused-ring (bicyclic) bond motifs is 4. The van der Waals surface area contributed by atoms with E-state index in [1.807, 2.05) is 18.7 Å². The van der Waals surface area contributed by atoms with Gasteiger partial charge in [-0.3, -0.25) is 4.79 Å². The van der Waals surface area contributed by atoms with Crippen molar-refractivity contribution in [2.24, 2.45) is 0 Å². The monoisotopic (exact) mass is 379 g/mol. The summed E-state index contributed by atoms with van der Waals surface area (Å²) in [5.74, 6) is 0.870. The van der Waals surface area contributed by atoms with Crippen molar-refractivity contribution in [2.75, 3.05) is 19.7 Å². The summed E-state index contributed by atoms with van der Waals surface area (Å²) in [6, 6.07) is 8.47. The van der Waals surface area contributed by atoms with E-state index in [-0.39, 0.29) is 11.5 Å². The highest BCUT2D eigenvalue weighted by molar-refractivity contribution is 5.85. The van der Waals surface area contributed by atoms with Crippen LogP contribution in [-0.2, 0) is 28.0 Å². The summed E-state index contributed by atoms with van der Waals surface area (Å²) in [6.45, 7) is 5.90. The molecule has 1 amide bonds. The molecule has 0 atom stereocenters. The second-order valence-electron chi connectivity index (χ2n) is 7.98. The lowest BCUT2D eigenvalue weighted by atomic mass is 9.83. The number of nitrogens with zero attached hydrogens (tertiary/aromatic N) is 2. The standard InChI is InChI=1S/C22H25N3O3/c1-14-18(15(2)28-24-14)13-20(26)25-10-8-22(9-11-25)21-17(7-12-27-22)16-5-3-4-6-19(16)23-21/h3-6,23H,7-13H2,1-2H3. The SMILES string of the molecule is Cc1noc(C)c1CC(=O)N1CCC2(CC1)OCCc1c2[nH]c2ccccc12. The summed E-state index contributed by atoms with van der Waals surface area (Å²) in [5.41, 5.74) is 5.20. The Kier molecular flexibility index (Phi) is 4.05. The first kappa shape index (κ1) is 17.5. The van der Waals surface area contributed by atoms with Crippen LogP contribution in [0.3, 0.4) is 0 Å². The molecule has 3 aromatic rings. The number of rotatable bonds is 2. The van der Waals surface area contributed by atoms with E-state index in [1.54, 1.807) is 0 Å². The van der Waals surface area contributed by atoms with Crippen molar-refractivity contribution in [1.82, 2.24) is 15.0 Å². The van der Waals surface area contributed by atoms with Gasteiger partial charge in [0.25, 0.3) is 0 Å². The van der Waals surface area contributed by atoms with E-state index in [1.165, 1.54) is 22.2 Å². The van der Waals surface area contributed by atoms with Crippen molar-refractivity contribution in [2.45, 2.75) is 45.1 Å². The van der Waals surface area contributed by atoms with Gasteiger partial charge in [-0.15, -0.1) is 0 Å². The Morgan fingerprint density at radius 3 is 2.79 bits per heavy atom. The van der Waals surface area contributed by atoms with E-state index in [0.29, 0.717) is 19.5 Å². The van der Waals surface area contributed by atoms with Gasteiger partial charge in [-0.05, 0) is 44.7 Å². The maximum Gasteiger partial charge on any atom is 0.227 e. The zero-order valence-electron chi connectivity index (χ0n) is 16.4. The predicted octanol–water partition coefficient (Wildman–Crippen LogP) is 3.41. The van der Waals surface area contributed by atoms with Crippen LogP contribution in [0.15, 0.2) is 28.8 Å². The van der Waals surface area contributed by atoms with Crippen LogP contribution in [0.2, 0.25) is 0 Å². The fourth-order valence-electron chi connectivity index (χ4n) is 4.80. The van der Waals surface area contributed by atoms with Crippen LogP contribution >= 0.6 is 0 Å². The molecule has 5 rings (SSSR count). The fourth-order valence-corrected chi connectivity index (χ4v) is 4.80. The Hall–Kier alpha value is -2.60. The van der Waals surface area contributed by atoms with E-state index >= 15 is 0 Å². The van der Waals surface area contributed by atoms with Gasteiger partial charge in [0, 0.05) is 29.6 Å². The van der Waals surface area contributed by atoms with Crippen LogP contribution < -0.4 is 0 Å². The largest absolute Gasteiger partial charge is 0.368 e. The van der Waals surface area contributed by atoms with Gasteiger partial charge in [0.05, 0.1) is 24.4 Å². The zero-order valence-corrected chi connectivity index (χ0v) is 16.4. The number of aromatic amines is 1. The number of aryl methyl sites for hydroxylation is 2. The topological polar surface area (TPSA) is 71.4 Å². The molecule has 28 heavy (non-hydrogen) atoms. The second kappa shape index (κ2) is 6.48. The summed E-state index contributed by atoms with van der Waals surface area (Å²) in [6.07, 6.45) is 2.93. The maximum absolute atomic E-state index is 12.8. The Morgan fingerprint density at radius 2 is 2.04 bits per heavy atom. The molecular formula is C22H25N3O3. The molecule has 1 aromatic carbocycles. The minimum Gasteiger partial charge on any atom is -0.368 e. The molecule has 0 saturated carbocycles. The van der Waals surface area contributed by atoms with Crippen molar-refractivity contribution in [3.8, 4) is 0 Å². The van der Waals surface area contributed by atoms with Gasteiger partial charge in [0.1, 0.15) is 11.4 Å². The van der Waals surface area contributed by atoms with E-state index in [0.717, 1.165) is 42.9 Å². The Balaban J connectivity index is 1.36. The molecule has 2 aliphatic rings. The number of benzene rings is 1. The lowest BCUT2D eigenvalue weighted by molar-refractivity contribution is -0.140. The lowest BCUT2D eigenvalue weighted by Gasteiger charge is -2.43. The molecule has 0 aliphatic carbocycles. The Bertz CT molecular complexity index is 1020. The van der Waals surface area contributed by atoms with Gasteiger partial charge in [0.2, 0.25) is 5.91 Å². The first-order valence-corrected chi connectivity index (χ1v) is 10.0. The van der Waals surface area contributed by atoms with E-state index < -0.39 is 0 Å². The number of para-hydroxylation sites is 1. The molecule has 0 unspecified atom stereocenters. The number of likely N-dealkylation sites (tertiary alicyclic amines) is 1. The number of carbonyl (C=O) groups excluding carboxylic acids is 1. The molecule has 2 aliphatic heterocycles. The molecule has 1 saturated heterocycles. The molecule has 1 fully saturated rings. The number of hydrogen-bond donors (Lipinski definition) is 1. The first-order chi connectivity index (χ1) is 13.6. The van der Waals surface area contributed by atoms with Gasteiger partial charge >= 0.3 is 0 Å². The van der Waals surface area contributed by atoms with Gasteiger partial charge in [-0.25, -0.2) is 0 Å². The molecule has 6 nitrogen and oxygen atoms in total. The van der Waals surface area contributed by atoms with Crippen molar-refractivity contribution in [1.29, 1.82) is 0 Å². The van der Waals surface area contributed by atoms with Gasteiger partial charge < -0.3 is 19.1 Å². The number of H-pyrrole nitrogens is 1. The van der Waals surface area contributed by atoms with Crippen molar-refractivity contribution < 1.29 is 14.1 Å². The number of amides is 1. The Morgan fingerprint density at radius 1 is 1.25 bits per heavy atom. The van der Waals surface area contributed by atoms with E-state index in [4.69, 9.17) is 9.26 Å². The molecule has 0 bridgehead atoms. The molecular weight excluding hydrogens is 354 g/mol. The summed E-state index contributed by atoms with van der Waals surface area (Å²) < 4.78 is 11.5. The van der Waals surface area contributed by atoms with Crippen molar-refractivity contribution in [3.05, 3.63) is 52.5 Å². The molecule has 1 N–H and O–H groups in total. The van der Waals surface area contributed by atoms with Crippen LogP contribution in [-0.4, -0.2) is 40.6 Å². The summed E-state index contributed by atoms with van der Waals surface area (Å²) in [7, 11) is 0.